The molecule has 1 aromatic rings. The summed E-state index contributed by atoms with van der Waals surface area (Å²) in [6, 6.07) is 0. The third-order valence-electron chi connectivity index (χ3n) is 3.57. The Morgan fingerprint density at radius 1 is 1.74 bits per heavy atom. The van der Waals surface area contributed by atoms with Crippen LogP contribution in [0.3, 0.4) is 0 Å². The van der Waals surface area contributed by atoms with Crippen molar-refractivity contribution in [2.45, 2.75) is 55.0 Å². The van der Waals surface area contributed by atoms with E-state index in [4.69, 9.17) is 10.2 Å². The molecule has 0 bridgehead atoms. The lowest BCUT2D eigenvalue weighted by Gasteiger charge is -2.38. The molecule has 2 rings (SSSR count). The maximum atomic E-state index is 11.8. The smallest absolute Gasteiger partial charge is 0.255 e. The predicted octanol–water partition coefficient (Wildman–Crippen LogP) is 1.93. The molecule has 0 spiro atoms. The number of carbonyl (C=O) groups excluding carboxylic acids is 1. The van der Waals surface area contributed by atoms with Crippen LogP contribution in [0.25, 0.3) is 0 Å². The number of rotatable bonds is 6. The van der Waals surface area contributed by atoms with E-state index in [9.17, 15) is 4.79 Å². The van der Waals surface area contributed by atoms with Gasteiger partial charge in [-0.15, -0.1) is 0 Å². The van der Waals surface area contributed by atoms with E-state index in [1.165, 1.54) is 0 Å². The number of thioether (sulfide) groups is 1. The zero-order valence-corrected chi connectivity index (χ0v) is 12.0. The average Bonchev–Trinajstić information content (AvgIpc) is 2.89. The Morgan fingerprint density at radius 3 is 3.21 bits per heavy atom. The number of hydrogen-bond donors (Lipinski definition) is 2. The number of carbonyl (C=O) groups is 1. The van der Waals surface area contributed by atoms with E-state index in [0.717, 1.165) is 38.6 Å². The van der Waals surface area contributed by atoms with Crippen LogP contribution in [-0.4, -0.2) is 28.2 Å². The third-order valence-corrected chi connectivity index (χ3v) is 4.71. The van der Waals surface area contributed by atoms with Gasteiger partial charge >= 0.3 is 0 Å². The SMILES string of the molecule is CCCNC1(C(N)=O)CCCC(Sc2ncco2)C1. The molecule has 3 N–H and O–H groups in total. The molecule has 1 heterocycles. The first kappa shape index (κ1) is 14.4. The van der Waals surface area contributed by atoms with Crippen molar-refractivity contribution in [1.29, 1.82) is 0 Å². The molecular formula is C13H21N3O2S. The molecule has 1 aliphatic rings. The lowest BCUT2D eigenvalue weighted by atomic mass is 9.80. The topological polar surface area (TPSA) is 81.1 Å². The van der Waals surface area contributed by atoms with Crippen LogP contribution in [-0.2, 0) is 4.79 Å². The standard InChI is InChI=1S/C13H21N3O2S/c1-2-6-16-13(11(14)17)5-3-4-10(9-13)19-12-15-7-8-18-12/h7-8,10,16H,2-6,9H2,1H3,(H2,14,17). The summed E-state index contributed by atoms with van der Waals surface area (Å²) >= 11 is 1.60. The molecule has 1 aromatic heterocycles. The molecule has 2 unspecified atom stereocenters. The van der Waals surface area contributed by atoms with E-state index in [2.05, 4.69) is 17.2 Å². The highest BCUT2D eigenvalue weighted by Gasteiger charge is 2.41. The number of oxazole rings is 1. The highest BCUT2D eigenvalue weighted by molar-refractivity contribution is 7.99. The minimum Gasteiger partial charge on any atom is -0.440 e. The van der Waals surface area contributed by atoms with E-state index >= 15 is 0 Å². The van der Waals surface area contributed by atoms with Crippen LogP contribution in [0.5, 0.6) is 0 Å². The first-order valence-electron chi connectivity index (χ1n) is 6.77. The molecule has 1 saturated carbocycles. The fraction of sp³-hybridized carbons (Fsp3) is 0.692. The summed E-state index contributed by atoms with van der Waals surface area (Å²) in [7, 11) is 0. The summed E-state index contributed by atoms with van der Waals surface area (Å²) in [5.41, 5.74) is 5.07. The van der Waals surface area contributed by atoms with Crippen LogP contribution < -0.4 is 11.1 Å². The Balaban J connectivity index is 2.02. The van der Waals surface area contributed by atoms with E-state index < -0.39 is 5.54 Å². The first-order chi connectivity index (χ1) is 9.16. The minimum absolute atomic E-state index is 0.237. The zero-order valence-electron chi connectivity index (χ0n) is 11.2. The van der Waals surface area contributed by atoms with Crippen LogP contribution in [0.2, 0.25) is 0 Å². The summed E-state index contributed by atoms with van der Waals surface area (Å²) in [4.78, 5) is 16.0. The molecule has 0 saturated heterocycles. The second-order valence-electron chi connectivity index (χ2n) is 5.01. The van der Waals surface area contributed by atoms with Crippen LogP contribution in [0.1, 0.15) is 39.0 Å². The second kappa shape index (κ2) is 6.43. The zero-order chi connectivity index (χ0) is 13.7. The van der Waals surface area contributed by atoms with Crippen LogP contribution in [0, 0.1) is 0 Å². The van der Waals surface area contributed by atoms with Gasteiger partial charge in [0.05, 0.1) is 11.7 Å². The summed E-state index contributed by atoms with van der Waals surface area (Å²) in [6.45, 7) is 2.91. The van der Waals surface area contributed by atoms with Crippen LogP contribution >= 0.6 is 11.8 Å². The molecule has 106 valence electrons. The summed E-state index contributed by atoms with van der Waals surface area (Å²) in [5.74, 6) is -0.237. The van der Waals surface area contributed by atoms with Crippen molar-refractivity contribution >= 4 is 17.7 Å². The van der Waals surface area contributed by atoms with E-state index in [0.29, 0.717) is 10.5 Å². The van der Waals surface area contributed by atoms with Crippen LogP contribution in [0.4, 0.5) is 0 Å². The van der Waals surface area contributed by atoms with E-state index in [-0.39, 0.29) is 5.91 Å². The van der Waals surface area contributed by atoms with Crippen LogP contribution in [0.15, 0.2) is 22.1 Å². The number of amides is 1. The van der Waals surface area contributed by atoms with Gasteiger partial charge in [0.15, 0.2) is 0 Å². The van der Waals surface area contributed by atoms with Gasteiger partial charge < -0.3 is 15.5 Å². The van der Waals surface area contributed by atoms with Gasteiger partial charge in [0.2, 0.25) is 5.91 Å². The number of nitrogens with two attached hydrogens (primary N) is 1. The highest BCUT2D eigenvalue weighted by atomic mass is 32.2. The van der Waals surface area contributed by atoms with Crippen molar-refractivity contribution in [2.75, 3.05) is 6.54 Å². The minimum atomic E-state index is -0.557. The van der Waals surface area contributed by atoms with E-state index in [1.807, 2.05) is 0 Å². The Bertz CT molecular complexity index is 410. The Hall–Kier alpha value is -1.01. The van der Waals surface area contributed by atoms with Gasteiger partial charge in [0, 0.05) is 5.25 Å². The molecular weight excluding hydrogens is 262 g/mol. The summed E-state index contributed by atoms with van der Waals surface area (Å²) in [5, 5.41) is 4.35. The molecule has 1 fully saturated rings. The quantitative estimate of drug-likeness (QED) is 0.833. The lowest BCUT2D eigenvalue weighted by Crippen LogP contribution is -2.58. The largest absolute Gasteiger partial charge is 0.440 e. The van der Waals surface area contributed by atoms with Gasteiger partial charge in [-0.05, 0) is 38.6 Å². The van der Waals surface area contributed by atoms with E-state index in [1.54, 1.807) is 24.2 Å². The maximum Gasteiger partial charge on any atom is 0.255 e. The van der Waals surface area contributed by atoms with Gasteiger partial charge in [-0.2, -0.15) is 0 Å². The number of aromatic nitrogens is 1. The highest BCUT2D eigenvalue weighted by Crippen LogP contribution is 2.37. The number of hydrogen-bond acceptors (Lipinski definition) is 5. The Morgan fingerprint density at radius 2 is 2.58 bits per heavy atom. The van der Waals surface area contributed by atoms with Gasteiger partial charge in [0.1, 0.15) is 6.26 Å². The van der Waals surface area contributed by atoms with Crippen molar-refractivity contribution in [3.05, 3.63) is 12.5 Å². The van der Waals surface area contributed by atoms with Crippen molar-refractivity contribution in [3.8, 4) is 0 Å². The summed E-state index contributed by atoms with van der Waals surface area (Å²) < 4.78 is 5.26. The number of primary amides is 1. The molecule has 1 amide bonds. The number of nitrogens with zero attached hydrogens (tertiary/aromatic N) is 1. The van der Waals surface area contributed by atoms with Crippen molar-refractivity contribution in [2.24, 2.45) is 5.73 Å². The van der Waals surface area contributed by atoms with Crippen molar-refractivity contribution in [1.82, 2.24) is 10.3 Å². The third kappa shape index (κ3) is 3.51. The predicted molar refractivity (Wildman–Crippen MR) is 74.8 cm³/mol. The number of nitrogens with one attached hydrogen (secondary N) is 1. The monoisotopic (exact) mass is 283 g/mol. The molecule has 1 aliphatic carbocycles. The Labute approximate surface area is 117 Å². The van der Waals surface area contributed by atoms with Gasteiger partial charge in [-0.25, -0.2) is 4.98 Å². The van der Waals surface area contributed by atoms with Crippen molar-refractivity contribution in [3.63, 3.8) is 0 Å². The lowest BCUT2D eigenvalue weighted by molar-refractivity contribution is -0.125. The molecule has 0 aromatic carbocycles. The molecule has 5 nitrogen and oxygen atoms in total. The molecule has 2 atom stereocenters. The second-order valence-corrected chi connectivity index (χ2v) is 6.26. The normalized spacial score (nSPS) is 27.3. The molecule has 19 heavy (non-hydrogen) atoms. The fourth-order valence-corrected chi connectivity index (χ4v) is 3.74. The molecule has 0 aliphatic heterocycles. The fourth-order valence-electron chi connectivity index (χ4n) is 2.57. The molecule has 0 radical (unpaired) electrons. The summed E-state index contributed by atoms with van der Waals surface area (Å²) in [6.07, 6.45) is 7.84. The average molecular weight is 283 g/mol. The molecule has 6 heteroatoms. The van der Waals surface area contributed by atoms with Gasteiger partial charge in [0.25, 0.3) is 5.22 Å². The first-order valence-corrected chi connectivity index (χ1v) is 7.65. The van der Waals surface area contributed by atoms with Crippen molar-refractivity contribution < 1.29 is 9.21 Å². The maximum absolute atomic E-state index is 11.8. The van der Waals surface area contributed by atoms with Gasteiger partial charge in [-0.3, -0.25) is 4.79 Å². The Kier molecular flexibility index (Phi) is 4.87. The van der Waals surface area contributed by atoms with Gasteiger partial charge in [-0.1, -0.05) is 18.7 Å².